The molecule has 1 nitrogen and oxygen atoms in total. The molecule has 2 heteroatoms. The van der Waals surface area contributed by atoms with Crippen molar-refractivity contribution in [2.75, 3.05) is 18.1 Å². The average Bonchev–Trinajstić information content (AvgIpc) is 2.89. The third-order valence-electron chi connectivity index (χ3n) is 5.26. The summed E-state index contributed by atoms with van der Waals surface area (Å²) in [5.74, 6) is 5.97. The Morgan fingerprint density at radius 3 is 2.65 bits per heavy atom. The van der Waals surface area contributed by atoms with Gasteiger partial charge >= 0.3 is 0 Å². The lowest BCUT2D eigenvalue weighted by Gasteiger charge is -2.39. The Morgan fingerprint density at radius 2 is 1.82 bits per heavy atom. The van der Waals surface area contributed by atoms with Gasteiger partial charge in [0.25, 0.3) is 0 Å². The quantitative estimate of drug-likeness (QED) is 0.823. The van der Waals surface area contributed by atoms with Gasteiger partial charge in [-0.05, 0) is 61.5 Å². The molecule has 1 N–H and O–H groups in total. The summed E-state index contributed by atoms with van der Waals surface area (Å²) >= 11 is 2.15. The highest BCUT2D eigenvalue weighted by atomic mass is 32.2. The van der Waals surface area contributed by atoms with Crippen LogP contribution in [0.3, 0.4) is 0 Å². The van der Waals surface area contributed by atoms with Gasteiger partial charge in [-0.1, -0.05) is 25.7 Å². The molecular formula is C15H27NS. The van der Waals surface area contributed by atoms with E-state index in [0.29, 0.717) is 0 Å². The van der Waals surface area contributed by atoms with E-state index in [2.05, 4.69) is 17.1 Å². The lowest BCUT2D eigenvalue weighted by molar-refractivity contribution is 0.142. The van der Waals surface area contributed by atoms with Gasteiger partial charge in [-0.25, -0.2) is 0 Å². The zero-order valence-electron chi connectivity index (χ0n) is 11.0. The SMILES string of the molecule is C1CCC2CC(NCC3CCSC3)CCC2C1. The van der Waals surface area contributed by atoms with E-state index < -0.39 is 0 Å². The van der Waals surface area contributed by atoms with Gasteiger partial charge in [-0.15, -0.1) is 0 Å². The highest BCUT2D eigenvalue weighted by Crippen LogP contribution is 2.40. The highest BCUT2D eigenvalue weighted by Gasteiger charge is 2.32. The summed E-state index contributed by atoms with van der Waals surface area (Å²) in [6, 6.07) is 0.861. The topological polar surface area (TPSA) is 12.0 Å². The molecule has 98 valence electrons. The molecule has 2 aliphatic carbocycles. The summed E-state index contributed by atoms with van der Waals surface area (Å²) in [5.41, 5.74) is 0. The van der Waals surface area contributed by atoms with Gasteiger partial charge in [0.05, 0.1) is 0 Å². The first-order valence-corrected chi connectivity index (χ1v) is 8.88. The molecule has 0 aromatic carbocycles. The third-order valence-corrected chi connectivity index (χ3v) is 6.49. The van der Waals surface area contributed by atoms with Crippen molar-refractivity contribution in [1.29, 1.82) is 0 Å². The summed E-state index contributed by atoms with van der Waals surface area (Å²) in [7, 11) is 0. The minimum Gasteiger partial charge on any atom is -0.314 e. The van der Waals surface area contributed by atoms with E-state index in [-0.39, 0.29) is 0 Å². The molecule has 0 bridgehead atoms. The Morgan fingerprint density at radius 1 is 0.941 bits per heavy atom. The fourth-order valence-corrected chi connectivity index (χ4v) is 5.42. The van der Waals surface area contributed by atoms with Crippen LogP contribution in [0, 0.1) is 17.8 Å². The molecular weight excluding hydrogens is 226 g/mol. The first kappa shape index (κ1) is 12.3. The number of rotatable bonds is 3. The van der Waals surface area contributed by atoms with Gasteiger partial charge in [0.1, 0.15) is 0 Å². The number of fused-ring (bicyclic) bond motifs is 1. The van der Waals surface area contributed by atoms with E-state index in [4.69, 9.17) is 0 Å². The Bertz CT molecular complexity index is 237. The van der Waals surface area contributed by atoms with Crippen molar-refractivity contribution in [2.24, 2.45) is 17.8 Å². The number of nitrogens with one attached hydrogen (secondary N) is 1. The van der Waals surface area contributed by atoms with E-state index >= 15 is 0 Å². The van der Waals surface area contributed by atoms with Crippen LogP contribution in [0.15, 0.2) is 0 Å². The second-order valence-electron chi connectivity index (χ2n) is 6.45. The van der Waals surface area contributed by atoms with Crippen LogP contribution in [-0.2, 0) is 0 Å². The van der Waals surface area contributed by atoms with Gasteiger partial charge in [0, 0.05) is 6.04 Å². The van der Waals surface area contributed by atoms with Crippen molar-refractivity contribution >= 4 is 11.8 Å². The van der Waals surface area contributed by atoms with Crippen LogP contribution in [0.5, 0.6) is 0 Å². The van der Waals surface area contributed by atoms with Gasteiger partial charge in [-0.3, -0.25) is 0 Å². The molecule has 1 aliphatic heterocycles. The molecule has 1 saturated heterocycles. The molecule has 3 aliphatic rings. The van der Waals surface area contributed by atoms with Gasteiger partial charge in [0.15, 0.2) is 0 Å². The fraction of sp³-hybridized carbons (Fsp3) is 1.00. The van der Waals surface area contributed by atoms with Crippen LogP contribution < -0.4 is 5.32 Å². The van der Waals surface area contributed by atoms with E-state index in [9.17, 15) is 0 Å². The molecule has 4 atom stereocenters. The summed E-state index contributed by atoms with van der Waals surface area (Å²) in [5, 5.41) is 3.88. The molecule has 17 heavy (non-hydrogen) atoms. The Balaban J connectivity index is 1.42. The largest absolute Gasteiger partial charge is 0.314 e. The van der Waals surface area contributed by atoms with Gasteiger partial charge in [-0.2, -0.15) is 11.8 Å². The first-order chi connectivity index (χ1) is 8.42. The van der Waals surface area contributed by atoms with Crippen LogP contribution >= 0.6 is 11.8 Å². The van der Waals surface area contributed by atoms with Crippen molar-refractivity contribution in [3.8, 4) is 0 Å². The fourth-order valence-electron chi connectivity index (χ4n) is 4.14. The second kappa shape index (κ2) is 5.97. The van der Waals surface area contributed by atoms with E-state index in [1.54, 1.807) is 0 Å². The maximum atomic E-state index is 3.88. The van der Waals surface area contributed by atoms with E-state index in [0.717, 1.165) is 23.8 Å². The van der Waals surface area contributed by atoms with Crippen LogP contribution in [0.1, 0.15) is 51.4 Å². The molecule has 1 heterocycles. The van der Waals surface area contributed by atoms with Crippen molar-refractivity contribution in [2.45, 2.75) is 57.4 Å². The maximum absolute atomic E-state index is 3.88. The van der Waals surface area contributed by atoms with Crippen LogP contribution in [0.2, 0.25) is 0 Å². The second-order valence-corrected chi connectivity index (χ2v) is 7.60. The molecule has 3 rings (SSSR count). The maximum Gasteiger partial charge on any atom is 0.00700 e. The standard InChI is InChI=1S/C15H27NS/c1-2-4-14-9-15(6-5-13(14)3-1)16-10-12-7-8-17-11-12/h12-16H,1-11H2. The average molecular weight is 253 g/mol. The monoisotopic (exact) mass is 253 g/mol. The number of hydrogen-bond donors (Lipinski definition) is 1. The molecule has 3 fully saturated rings. The predicted octanol–water partition coefficient (Wildman–Crippen LogP) is 3.69. The summed E-state index contributed by atoms with van der Waals surface area (Å²) in [4.78, 5) is 0. The zero-order chi connectivity index (χ0) is 11.5. The van der Waals surface area contributed by atoms with Crippen molar-refractivity contribution in [3.63, 3.8) is 0 Å². The minimum absolute atomic E-state index is 0.861. The summed E-state index contributed by atoms with van der Waals surface area (Å²) in [6.07, 6.45) is 12.0. The summed E-state index contributed by atoms with van der Waals surface area (Å²) < 4.78 is 0. The third kappa shape index (κ3) is 3.20. The lowest BCUT2D eigenvalue weighted by Crippen LogP contribution is -2.40. The minimum atomic E-state index is 0.861. The Hall–Kier alpha value is 0.310. The summed E-state index contributed by atoms with van der Waals surface area (Å²) in [6.45, 7) is 1.30. The smallest absolute Gasteiger partial charge is 0.00700 e. The molecule has 0 amide bonds. The van der Waals surface area contributed by atoms with E-state index in [1.807, 2.05) is 0 Å². The zero-order valence-corrected chi connectivity index (χ0v) is 11.8. The van der Waals surface area contributed by atoms with Crippen LogP contribution in [-0.4, -0.2) is 24.1 Å². The molecule has 0 aromatic rings. The van der Waals surface area contributed by atoms with Crippen LogP contribution in [0.25, 0.3) is 0 Å². The van der Waals surface area contributed by atoms with Gasteiger partial charge < -0.3 is 5.32 Å². The van der Waals surface area contributed by atoms with E-state index in [1.165, 1.54) is 69.4 Å². The van der Waals surface area contributed by atoms with Crippen molar-refractivity contribution in [1.82, 2.24) is 5.32 Å². The number of thioether (sulfide) groups is 1. The molecule has 4 unspecified atom stereocenters. The van der Waals surface area contributed by atoms with Crippen LogP contribution in [0.4, 0.5) is 0 Å². The predicted molar refractivity (Wildman–Crippen MR) is 76.5 cm³/mol. The highest BCUT2D eigenvalue weighted by molar-refractivity contribution is 7.99. The molecule has 0 spiro atoms. The Kier molecular flexibility index (Phi) is 4.34. The van der Waals surface area contributed by atoms with Crippen molar-refractivity contribution in [3.05, 3.63) is 0 Å². The lowest BCUT2D eigenvalue weighted by atomic mass is 9.69. The molecule has 2 saturated carbocycles. The first-order valence-electron chi connectivity index (χ1n) is 7.73. The molecule has 0 aromatic heterocycles. The van der Waals surface area contributed by atoms with Crippen molar-refractivity contribution < 1.29 is 0 Å². The number of hydrogen-bond acceptors (Lipinski definition) is 2. The van der Waals surface area contributed by atoms with Gasteiger partial charge in [0.2, 0.25) is 0 Å². The normalized spacial score (nSPS) is 42.4. The Labute approximate surface area is 111 Å². The molecule has 0 radical (unpaired) electrons.